The summed E-state index contributed by atoms with van der Waals surface area (Å²) in [6.45, 7) is 13.2. The van der Waals surface area contributed by atoms with E-state index >= 15 is 0 Å². The zero-order chi connectivity index (χ0) is 18.2. The zero-order valence-corrected chi connectivity index (χ0v) is 19.5. The molecule has 0 aromatic carbocycles. The van der Waals surface area contributed by atoms with Gasteiger partial charge in [-0.05, 0) is 55.7 Å². The monoisotopic (exact) mass is 382 g/mol. The lowest BCUT2D eigenvalue weighted by atomic mass is 9.82. The average Bonchev–Trinajstić information content (AvgIpc) is 2.85. The van der Waals surface area contributed by atoms with E-state index in [1.165, 1.54) is 82.2 Å². The van der Waals surface area contributed by atoms with Crippen molar-refractivity contribution in [3.8, 4) is 0 Å². The Morgan fingerprint density at radius 2 is 1.84 bits per heavy atom. The molecule has 2 rings (SSSR count). The average molecular weight is 383 g/mol. The normalized spacial score (nSPS) is 28.0. The van der Waals surface area contributed by atoms with Gasteiger partial charge in [0.1, 0.15) is 0 Å². The van der Waals surface area contributed by atoms with Crippen molar-refractivity contribution in [1.82, 2.24) is 9.80 Å². The lowest BCUT2D eigenvalue weighted by Gasteiger charge is -2.33. The molecule has 0 aromatic rings. The van der Waals surface area contributed by atoms with Gasteiger partial charge in [-0.1, -0.05) is 59.0 Å². The summed E-state index contributed by atoms with van der Waals surface area (Å²) in [6, 6.07) is 2.18. The van der Waals surface area contributed by atoms with Crippen LogP contribution < -0.4 is 0 Å². The van der Waals surface area contributed by atoms with Crippen molar-refractivity contribution in [3.63, 3.8) is 0 Å². The molecule has 2 fully saturated rings. The summed E-state index contributed by atoms with van der Waals surface area (Å²) in [6.07, 6.45) is 11.1. The van der Waals surface area contributed by atoms with Crippen LogP contribution in [-0.2, 0) is 0 Å². The van der Waals surface area contributed by atoms with Crippen LogP contribution in [0.3, 0.4) is 0 Å². The molecule has 0 unspecified atom stereocenters. The van der Waals surface area contributed by atoms with E-state index in [4.69, 9.17) is 12.2 Å². The molecule has 0 radical (unpaired) electrons. The maximum atomic E-state index is 5.94. The van der Waals surface area contributed by atoms with Gasteiger partial charge in [-0.15, -0.1) is 0 Å². The van der Waals surface area contributed by atoms with Crippen molar-refractivity contribution in [3.05, 3.63) is 0 Å². The van der Waals surface area contributed by atoms with E-state index in [-0.39, 0.29) is 9.52 Å². The molecule has 4 heteroatoms. The van der Waals surface area contributed by atoms with Gasteiger partial charge in [0.05, 0.1) is 0 Å². The number of thiocarbonyl (C=S) groups is 1. The summed E-state index contributed by atoms with van der Waals surface area (Å²) < 4.78 is 0. The van der Waals surface area contributed by atoms with Crippen LogP contribution >= 0.6 is 12.2 Å². The molecule has 1 atom stereocenters. The first-order valence-electron chi connectivity index (χ1n) is 11.1. The second kappa shape index (κ2) is 10.9. The van der Waals surface area contributed by atoms with Crippen LogP contribution in [0.4, 0.5) is 0 Å². The largest absolute Gasteiger partial charge is 0.347 e. The highest BCUT2D eigenvalue weighted by Crippen LogP contribution is 2.31. The third-order valence-electron chi connectivity index (χ3n) is 6.25. The van der Waals surface area contributed by atoms with Gasteiger partial charge in [0.2, 0.25) is 0 Å². The minimum absolute atomic E-state index is 0.261. The van der Waals surface area contributed by atoms with Crippen molar-refractivity contribution in [2.24, 2.45) is 17.8 Å². The quantitative estimate of drug-likeness (QED) is 0.300. The van der Waals surface area contributed by atoms with E-state index in [1.54, 1.807) is 0 Å². The van der Waals surface area contributed by atoms with Crippen LogP contribution in [0.1, 0.15) is 72.1 Å². The van der Waals surface area contributed by atoms with Crippen LogP contribution in [0.5, 0.6) is 0 Å². The fourth-order valence-electron chi connectivity index (χ4n) is 4.62. The van der Waals surface area contributed by atoms with Gasteiger partial charge in [0, 0.05) is 35.2 Å². The summed E-state index contributed by atoms with van der Waals surface area (Å²) in [5.41, 5.74) is 0. The van der Waals surface area contributed by atoms with E-state index in [2.05, 4.69) is 37.1 Å². The summed E-state index contributed by atoms with van der Waals surface area (Å²) in [5, 5.41) is 1.18. The molecule has 25 heavy (non-hydrogen) atoms. The highest BCUT2D eigenvalue weighted by atomic mass is 32.1. The smallest absolute Gasteiger partial charge is 0.171 e. The van der Waals surface area contributed by atoms with Crippen LogP contribution in [-0.4, -0.2) is 50.1 Å². The number of unbranched alkanes of at least 4 members (excludes halogenated alkanes) is 2. The summed E-state index contributed by atoms with van der Waals surface area (Å²) >= 11 is 5.94. The van der Waals surface area contributed by atoms with E-state index in [1.807, 2.05) is 0 Å². The minimum Gasteiger partial charge on any atom is -0.347 e. The van der Waals surface area contributed by atoms with Gasteiger partial charge in [-0.3, -0.25) is 0 Å². The minimum atomic E-state index is 0.261. The lowest BCUT2D eigenvalue weighted by Crippen LogP contribution is -2.40. The molecule has 0 spiro atoms. The van der Waals surface area contributed by atoms with Crippen LogP contribution in [0.2, 0.25) is 12.6 Å². The summed E-state index contributed by atoms with van der Waals surface area (Å²) in [7, 11) is 0.261. The molecule has 146 valence electrons. The summed E-state index contributed by atoms with van der Waals surface area (Å²) in [4.78, 5) is 5.17. The Kier molecular flexibility index (Phi) is 9.26. The number of hydrogen-bond donors (Lipinski definition) is 0. The first-order valence-corrected chi connectivity index (χ1v) is 13.9. The van der Waals surface area contributed by atoms with E-state index in [0.29, 0.717) is 6.04 Å². The zero-order valence-electron chi connectivity index (χ0n) is 17.3. The van der Waals surface area contributed by atoms with Gasteiger partial charge in [-0.2, -0.15) is 0 Å². The molecule has 0 amide bonds. The Hall–Kier alpha value is -0.0931. The highest BCUT2D eigenvalue weighted by Gasteiger charge is 2.35. The molecule has 1 heterocycles. The molecule has 1 aliphatic heterocycles. The lowest BCUT2D eigenvalue weighted by molar-refractivity contribution is 0.210. The van der Waals surface area contributed by atoms with Gasteiger partial charge in [0.25, 0.3) is 0 Å². The third-order valence-corrected chi connectivity index (χ3v) is 7.95. The second-order valence-electron chi connectivity index (χ2n) is 9.20. The Morgan fingerprint density at radius 3 is 2.48 bits per heavy atom. The Balaban J connectivity index is 1.86. The fraction of sp³-hybridized carbons (Fsp3) is 0.952. The maximum absolute atomic E-state index is 5.94. The van der Waals surface area contributed by atoms with Crippen molar-refractivity contribution in [2.45, 2.75) is 90.8 Å². The first-order chi connectivity index (χ1) is 12.0. The van der Waals surface area contributed by atoms with Crippen molar-refractivity contribution in [1.29, 1.82) is 0 Å². The topological polar surface area (TPSA) is 6.48 Å². The Bertz CT molecular complexity index is 393. The van der Waals surface area contributed by atoms with Crippen LogP contribution in [0.15, 0.2) is 0 Å². The Labute approximate surface area is 164 Å². The molecule has 0 N–H and O–H groups in total. The molecular formula is C21H42N2SSi. The molecule has 0 bridgehead atoms. The van der Waals surface area contributed by atoms with Crippen LogP contribution in [0, 0.1) is 17.8 Å². The molecule has 2 aliphatic rings. The van der Waals surface area contributed by atoms with Crippen molar-refractivity contribution < 1.29 is 0 Å². The van der Waals surface area contributed by atoms with E-state index in [9.17, 15) is 0 Å². The van der Waals surface area contributed by atoms with Crippen LogP contribution in [0.25, 0.3) is 0 Å². The summed E-state index contributed by atoms with van der Waals surface area (Å²) in [5.74, 6) is 2.57. The highest BCUT2D eigenvalue weighted by molar-refractivity contribution is 7.80. The molecule has 1 saturated carbocycles. The number of hydrogen-bond acceptors (Lipinski definition) is 1. The third kappa shape index (κ3) is 6.86. The SMILES string of the molecule is C[SiH2]CCCCCN1C[C@@H](CC(C)C)N(CC2CCC(C)CC2)C1=S. The van der Waals surface area contributed by atoms with Gasteiger partial charge >= 0.3 is 0 Å². The molecule has 1 aliphatic carbocycles. The Morgan fingerprint density at radius 1 is 1.12 bits per heavy atom. The predicted octanol–water partition coefficient (Wildman–Crippen LogP) is 4.94. The molecule has 0 aromatic heterocycles. The predicted molar refractivity (Wildman–Crippen MR) is 118 cm³/mol. The van der Waals surface area contributed by atoms with Crippen molar-refractivity contribution in [2.75, 3.05) is 19.6 Å². The van der Waals surface area contributed by atoms with Gasteiger partial charge in [-0.25, -0.2) is 0 Å². The number of nitrogens with zero attached hydrogens (tertiary/aromatic N) is 2. The van der Waals surface area contributed by atoms with Crippen molar-refractivity contribution >= 4 is 26.8 Å². The van der Waals surface area contributed by atoms with Gasteiger partial charge in [0.15, 0.2) is 5.11 Å². The second-order valence-corrected chi connectivity index (χ2v) is 11.3. The fourth-order valence-corrected chi connectivity index (χ4v) is 5.87. The van der Waals surface area contributed by atoms with E-state index < -0.39 is 0 Å². The molecule has 1 saturated heterocycles. The molecule has 2 nitrogen and oxygen atoms in total. The maximum Gasteiger partial charge on any atom is 0.171 e. The molecular weight excluding hydrogens is 340 g/mol. The number of rotatable bonds is 10. The first kappa shape index (κ1) is 21.2. The van der Waals surface area contributed by atoms with E-state index in [0.717, 1.165) is 17.8 Å². The standard InChI is InChI=1S/C21H42N2SSi/c1-17(2)14-20-16-22(12-6-5-7-13-25-4)21(24)23(20)15-19-10-8-18(3)9-11-19/h17-20H,5-16,25H2,1-4H3/t18?,19?,20-/m1/s1. The van der Waals surface area contributed by atoms with Gasteiger partial charge < -0.3 is 9.80 Å².